The first-order chi connectivity index (χ1) is 6.11. The molecule has 0 amide bonds. The number of hydrogen-bond acceptors (Lipinski definition) is 2. The zero-order chi connectivity index (χ0) is 9.84. The number of aliphatic hydroxyl groups is 1. The molecule has 1 rings (SSSR count). The van der Waals surface area contributed by atoms with Crippen molar-refractivity contribution in [1.29, 1.82) is 0 Å². The number of halogens is 1. The van der Waals surface area contributed by atoms with Crippen LogP contribution >= 0.6 is 15.9 Å². The van der Waals surface area contributed by atoms with Gasteiger partial charge in [-0.05, 0) is 11.6 Å². The summed E-state index contributed by atoms with van der Waals surface area (Å²) in [4.78, 5) is 10.3. The van der Waals surface area contributed by atoms with Crippen LogP contribution in [0.15, 0.2) is 28.7 Å². The molecule has 2 N–H and O–H groups in total. The van der Waals surface area contributed by atoms with Crippen molar-refractivity contribution in [3.63, 3.8) is 0 Å². The van der Waals surface area contributed by atoms with Crippen LogP contribution in [0.4, 0.5) is 0 Å². The van der Waals surface area contributed by atoms with Gasteiger partial charge in [0.15, 0.2) is 0 Å². The van der Waals surface area contributed by atoms with Crippen LogP contribution in [0.1, 0.15) is 18.1 Å². The summed E-state index contributed by atoms with van der Waals surface area (Å²) in [5, 5.41) is 17.9. The zero-order valence-electron chi connectivity index (χ0n) is 6.77. The third-order valence-electron chi connectivity index (χ3n) is 1.63. The number of aliphatic hydroxyl groups excluding tert-OH is 1. The highest BCUT2D eigenvalue weighted by molar-refractivity contribution is 9.10. The highest BCUT2D eigenvalue weighted by Crippen LogP contribution is 2.24. The molecule has 0 aliphatic heterocycles. The monoisotopic (exact) mass is 244 g/mol. The SMILES string of the molecule is O=C(O)C[C@@H](O)c1ccccc1Br. The van der Waals surface area contributed by atoms with E-state index in [9.17, 15) is 9.90 Å². The lowest BCUT2D eigenvalue weighted by molar-refractivity contribution is -0.139. The molecule has 0 heterocycles. The molecular weight excluding hydrogens is 236 g/mol. The smallest absolute Gasteiger partial charge is 0.306 e. The van der Waals surface area contributed by atoms with E-state index in [2.05, 4.69) is 15.9 Å². The summed E-state index contributed by atoms with van der Waals surface area (Å²) in [5.41, 5.74) is 0.602. The highest BCUT2D eigenvalue weighted by Gasteiger charge is 2.13. The highest BCUT2D eigenvalue weighted by atomic mass is 79.9. The van der Waals surface area contributed by atoms with E-state index in [1.54, 1.807) is 24.3 Å². The molecule has 1 aromatic carbocycles. The van der Waals surface area contributed by atoms with Gasteiger partial charge in [-0.1, -0.05) is 34.1 Å². The summed E-state index contributed by atoms with van der Waals surface area (Å²) in [5.74, 6) is -1.01. The molecule has 0 saturated heterocycles. The van der Waals surface area contributed by atoms with E-state index in [4.69, 9.17) is 5.11 Å². The van der Waals surface area contributed by atoms with Gasteiger partial charge in [0.05, 0.1) is 12.5 Å². The summed E-state index contributed by atoms with van der Waals surface area (Å²) >= 11 is 3.23. The van der Waals surface area contributed by atoms with Crippen LogP contribution in [0.25, 0.3) is 0 Å². The predicted octanol–water partition coefficient (Wildman–Crippen LogP) is 1.96. The van der Waals surface area contributed by atoms with Gasteiger partial charge in [0.2, 0.25) is 0 Å². The van der Waals surface area contributed by atoms with E-state index in [1.165, 1.54) is 0 Å². The van der Waals surface area contributed by atoms with Crippen LogP contribution in [0.3, 0.4) is 0 Å². The number of carboxylic acid groups (broad SMARTS) is 1. The van der Waals surface area contributed by atoms with Crippen LogP contribution in [0.5, 0.6) is 0 Å². The quantitative estimate of drug-likeness (QED) is 0.855. The van der Waals surface area contributed by atoms with Crippen molar-refractivity contribution in [2.24, 2.45) is 0 Å². The molecule has 1 atom stereocenters. The summed E-state index contributed by atoms with van der Waals surface area (Å²) in [7, 11) is 0. The average molecular weight is 245 g/mol. The summed E-state index contributed by atoms with van der Waals surface area (Å²) in [6, 6.07) is 7.02. The van der Waals surface area contributed by atoms with Gasteiger partial charge in [0.25, 0.3) is 0 Å². The number of hydrogen-bond donors (Lipinski definition) is 2. The van der Waals surface area contributed by atoms with Gasteiger partial charge < -0.3 is 10.2 Å². The first-order valence-corrected chi connectivity index (χ1v) is 4.55. The zero-order valence-corrected chi connectivity index (χ0v) is 8.36. The van der Waals surface area contributed by atoms with Crippen molar-refractivity contribution in [3.05, 3.63) is 34.3 Å². The molecule has 0 bridgehead atoms. The first-order valence-electron chi connectivity index (χ1n) is 3.75. The maximum absolute atomic E-state index is 10.3. The summed E-state index contributed by atoms with van der Waals surface area (Å²) < 4.78 is 0.726. The van der Waals surface area contributed by atoms with Crippen molar-refractivity contribution in [2.45, 2.75) is 12.5 Å². The third kappa shape index (κ3) is 2.82. The molecule has 0 radical (unpaired) electrons. The van der Waals surface area contributed by atoms with Gasteiger partial charge in [-0.25, -0.2) is 0 Å². The Bertz CT molecular complexity index is 311. The fourth-order valence-electron chi connectivity index (χ4n) is 1.02. The summed E-state index contributed by atoms with van der Waals surface area (Å²) in [6.45, 7) is 0. The number of aliphatic carboxylic acids is 1. The molecule has 1 aromatic rings. The van der Waals surface area contributed by atoms with Gasteiger partial charge >= 0.3 is 5.97 Å². The fraction of sp³-hybridized carbons (Fsp3) is 0.222. The van der Waals surface area contributed by atoms with Crippen LogP contribution in [-0.4, -0.2) is 16.2 Å². The van der Waals surface area contributed by atoms with Crippen molar-refractivity contribution in [1.82, 2.24) is 0 Å². The van der Waals surface area contributed by atoms with Gasteiger partial charge in [-0.2, -0.15) is 0 Å². The fourth-order valence-corrected chi connectivity index (χ4v) is 1.57. The molecule has 0 aromatic heterocycles. The minimum Gasteiger partial charge on any atom is -0.481 e. The Hall–Kier alpha value is -0.870. The van der Waals surface area contributed by atoms with Crippen LogP contribution < -0.4 is 0 Å². The number of carbonyl (C=O) groups is 1. The Kier molecular flexibility index (Phi) is 3.45. The van der Waals surface area contributed by atoms with E-state index in [0.29, 0.717) is 5.56 Å². The van der Waals surface area contributed by atoms with Crippen molar-refractivity contribution in [3.8, 4) is 0 Å². The van der Waals surface area contributed by atoms with Crippen LogP contribution in [0, 0.1) is 0 Å². The molecule has 3 nitrogen and oxygen atoms in total. The Morgan fingerprint density at radius 1 is 1.46 bits per heavy atom. The molecule has 0 aliphatic carbocycles. The molecule has 0 unspecified atom stereocenters. The van der Waals surface area contributed by atoms with E-state index in [1.807, 2.05) is 0 Å². The van der Waals surface area contributed by atoms with Crippen LogP contribution in [-0.2, 0) is 4.79 Å². The molecule has 0 spiro atoms. The largest absolute Gasteiger partial charge is 0.481 e. The minimum atomic E-state index is -1.01. The lowest BCUT2D eigenvalue weighted by atomic mass is 10.1. The van der Waals surface area contributed by atoms with E-state index >= 15 is 0 Å². The minimum absolute atomic E-state index is 0.275. The van der Waals surface area contributed by atoms with Gasteiger partial charge in [0, 0.05) is 4.47 Å². The van der Waals surface area contributed by atoms with Crippen LogP contribution in [0.2, 0.25) is 0 Å². The van der Waals surface area contributed by atoms with Crippen molar-refractivity contribution < 1.29 is 15.0 Å². The molecule has 70 valence electrons. The molecule has 0 aliphatic rings. The standard InChI is InChI=1S/C9H9BrO3/c10-7-4-2-1-3-6(7)8(11)5-9(12)13/h1-4,8,11H,5H2,(H,12,13)/t8-/m1/s1. The number of rotatable bonds is 3. The molecule has 4 heteroatoms. The Balaban J connectivity index is 2.82. The lowest BCUT2D eigenvalue weighted by Gasteiger charge is -2.09. The topological polar surface area (TPSA) is 57.5 Å². The normalized spacial score (nSPS) is 12.5. The number of benzene rings is 1. The second-order valence-electron chi connectivity index (χ2n) is 2.64. The molecule has 0 fully saturated rings. The van der Waals surface area contributed by atoms with E-state index in [-0.39, 0.29) is 6.42 Å². The second kappa shape index (κ2) is 4.39. The Morgan fingerprint density at radius 2 is 2.08 bits per heavy atom. The molecule has 13 heavy (non-hydrogen) atoms. The third-order valence-corrected chi connectivity index (χ3v) is 2.35. The number of carboxylic acids is 1. The first kappa shape index (κ1) is 10.2. The average Bonchev–Trinajstić information content (AvgIpc) is 2.03. The molecular formula is C9H9BrO3. The second-order valence-corrected chi connectivity index (χ2v) is 3.49. The Morgan fingerprint density at radius 3 is 2.62 bits per heavy atom. The van der Waals surface area contributed by atoms with Gasteiger partial charge in [0.1, 0.15) is 0 Å². The van der Waals surface area contributed by atoms with E-state index in [0.717, 1.165) is 4.47 Å². The lowest BCUT2D eigenvalue weighted by Crippen LogP contribution is -2.05. The van der Waals surface area contributed by atoms with E-state index < -0.39 is 12.1 Å². The molecule has 0 saturated carbocycles. The van der Waals surface area contributed by atoms with Gasteiger partial charge in [-0.3, -0.25) is 4.79 Å². The van der Waals surface area contributed by atoms with Crippen molar-refractivity contribution in [2.75, 3.05) is 0 Å². The summed E-state index contributed by atoms with van der Waals surface area (Å²) in [6.07, 6.45) is -1.23. The van der Waals surface area contributed by atoms with Gasteiger partial charge in [-0.15, -0.1) is 0 Å². The Labute approximate surface area is 84.1 Å². The predicted molar refractivity (Wildman–Crippen MR) is 51.4 cm³/mol. The maximum atomic E-state index is 10.3. The van der Waals surface area contributed by atoms with Crippen molar-refractivity contribution >= 4 is 21.9 Å². The maximum Gasteiger partial charge on any atom is 0.306 e.